The van der Waals surface area contributed by atoms with E-state index in [0.29, 0.717) is 30.3 Å². The monoisotopic (exact) mass is 776 g/mol. The predicted molar refractivity (Wildman–Crippen MR) is 151 cm³/mol. The zero-order valence-electron chi connectivity index (χ0n) is 24.9. The summed E-state index contributed by atoms with van der Waals surface area (Å²) in [6, 6.07) is 4.54. The van der Waals surface area contributed by atoms with Gasteiger partial charge in [0.1, 0.15) is 0 Å². The summed E-state index contributed by atoms with van der Waals surface area (Å²) < 4.78 is 236. The van der Waals surface area contributed by atoms with Crippen LogP contribution in [-0.2, 0) is 37.1 Å². The van der Waals surface area contributed by atoms with Crippen LogP contribution in [-0.4, -0.2) is 0 Å². The highest BCUT2D eigenvalue weighted by atomic mass is 19.4. The number of hydrogen-bond acceptors (Lipinski definition) is 4. The number of halogens is 18. The van der Waals surface area contributed by atoms with E-state index in [-0.39, 0.29) is 18.2 Å². The predicted octanol–water partition coefficient (Wildman–Crippen LogP) is 11.1. The first kappa shape index (κ1) is 41.2. The number of alkyl halides is 18. The maximum atomic E-state index is 13.3. The van der Waals surface area contributed by atoms with Gasteiger partial charge in [-0.05, 0) is 64.7 Å². The van der Waals surface area contributed by atoms with Crippen molar-refractivity contribution in [2.24, 2.45) is 0 Å². The molecule has 0 saturated heterocycles. The number of anilines is 4. The van der Waals surface area contributed by atoms with Crippen molar-refractivity contribution in [1.29, 1.82) is 0 Å². The summed E-state index contributed by atoms with van der Waals surface area (Å²) >= 11 is 0. The molecular weight excluding hydrogens is 758 g/mol. The second kappa shape index (κ2) is 13.4. The molecule has 4 nitrogen and oxygen atoms in total. The maximum Gasteiger partial charge on any atom is 0.419 e. The standard InChI is InChI=1S/2C15H9F9N2/c16-13(17,18)8-5-6(1-3-9(8)25)7-2-4-10(26)12(15(22,23)24)11(7)14(19,20)21;16-13(17,18)9-3-6(25)1-2-7(9)8-4-11(15(22,23)24)12(26)5-10(8)14(19,20)21/h2*1-5H,25-26H2. The van der Waals surface area contributed by atoms with Gasteiger partial charge in [-0.2, -0.15) is 79.0 Å². The van der Waals surface area contributed by atoms with Gasteiger partial charge in [-0.1, -0.05) is 18.2 Å². The van der Waals surface area contributed by atoms with Crippen molar-refractivity contribution in [2.45, 2.75) is 37.1 Å². The molecule has 0 aliphatic carbocycles. The summed E-state index contributed by atoms with van der Waals surface area (Å²) in [4.78, 5) is 0. The van der Waals surface area contributed by atoms with E-state index in [0.717, 1.165) is 12.1 Å². The van der Waals surface area contributed by atoms with Crippen LogP contribution >= 0.6 is 0 Å². The molecule has 0 aliphatic rings. The van der Waals surface area contributed by atoms with Crippen molar-refractivity contribution in [2.75, 3.05) is 22.9 Å². The van der Waals surface area contributed by atoms with Gasteiger partial charge in [-0.25, -0.2) is 0 Å². The summed E-state index contributed by atoms with van der Waals surface area (Å²) in [6.07, 6.45) is -31.5. The van der Waals surface area contributed by atoms with E-state index >= 15 is 0 Å². The summed E-state index contributed by atoms with van der Waals surface area (Å²) in [5.74, 6) is 0. The van der Waals surface area contributed by atoms with Gasteiger partial charge in [0.2, 0.25) is 0 Å². The summed E-state index contributed by atoms with van der Waals surface area (Å²) in [5.41, 5.74) is 1.84. The lowest BCUT2D eigenvalue weighted by Gasteiger charge is -2.21. The first-order valence-corrected chi connectivity index (χ1v) is 13.3. The quantitative estimate of drug-likeness (QED) is 0.120. The molecule has 0 spiro atoms. The fraction of sp³-hybridized carbons (Fsp3) is 0.200. The lowest BCUT2D eigenvalue weighted by molar-refractivity contribution is -0.161. The minimum atomic E-state index is -5.52. The SMILES string of the molecule is Nc1ccc(-c2cc(C(F)(F)F)c(N)cc2C(F)(F)F)c(C(F)(F)F)c1.Nc1ccc(-c2ccc(N)c(C(F)(F)F)c2C(F)(F)F)cc1C(F)(F)F. The van der Waals surface area contributed by atoms with Crippen molar-refractivity contribution in [3.05, 3.63) is 94.0 Å². The van der Waals surface area contributed by atoms with Crippen LogP contribution in [0.4, 0.5) is 102 Å². The molecule has 0 unspecified atom stereocenters. The van der Waals surface area contributed by atoms with Crippen LogP contribution in [0.15, 0.2) is 60.7 Å². The Bertz CT molecular complexity index is 1950. The van der Waals surface area contributed by atoms with Crippen LogP contribution in [0.1, 0.15) is 33.4 Å². The largest absolute Gasteiger partial charge is 0.419 e. The van der Waals surface area contributed by atoms with Gasteiger partial charge in [0.05, 0.1) is 33.4 Å². The highest BCUT2D eigenvalue weighted by Gasteiger charge is 2.47. The van der Waals surface area contributed by atoms with Crippen LogP contribution in [0.25, 0.3) is 22.3 Å². The van der Waals surface area contributed by atoms with E-state index in [2.05, 4.69) is 0 Å². The Kier molecular flexibility index (Phi) is 10.6. The fourth-order valence-corrected chi connectivity index (χ4v) is 4.78. The maximum absolute atomic E-state index is 13.3. The van der Waals surface area contributed by atoms with E-state index in [1.165, 1.54) is 0 Å². The van der Waals surface area contributed by atoms with Crippen LogP contribution in [0, 0.1) is 0 Å². The third-order valence-corrected chi connectivity index (χ3v) is 6.91. The first-order chi connectivity index (χ1) is 23.3. The molecule has 4 rings (SSSR count). The molecule has 0 atom stereocenters. The molecule has 0 aromatic heterocycles. The zero-order valence-corrected chi connectivity index (χ0v) is 24.9. The molecule has 0 heterocycles. The van der Waals surface area contributed by atoms with Gasteiger partial charge in [-0.15, -0.1) is 0 Å². The number of nitrogen functional groups attached to an aromatic ring is 4. The van der Waals surface area contributed by atoms with Crippen molar-refractivity contribution in [1.82, 2.24) is 0 Å². The minimum Gasteiger partial charge on any atom is -0.399 e. The molecule has 0 bridgehead atoms. The van der Waals surface area contributed by atoms with Gasteiger partial charge in [0.15, 0.2) is 0 Å². The van der Waals surface area contributed by atoms with E-state index in [9.17, 15) is 79.0 Å². The Balaban J connectivity index is 0.000000280. The van der Waals surface area contributed by atoms with Crippen molar-refractivity contribution in [3.63, 3.8) is 0 Å². The zero-order chi connectivity index (χ0) is 40.2. The smallest absolute Gasteiger partial charge is 0.399 e. The van der Waals surface area contributed by atoms with Gasteiger partial charge >= 0.3 is 37.1 Å². The molecule has 0 amide bonds. The van der Waals surface area contributed by atoms with Crippen LogP contribution in [0.5, 0.6) is 0 Å². The molecule has 8 N–H and O–H groups in total. The Morgan fingerprint density at radius 1 is 0.308 bits per heavy atom. The van der Waals surface area contributed by atoms with Crippen molar-refractivity contribution < 1.29 is 79.0 Å². The van der Waals surface area contributed by atoms with E-state index in [4.69, 9.17) is 22.9 Å². The Labute approximate surface area is 278 Å². The van der Waals surface area contributed by atoms with Gasteiger partial charge in [0.25, 0.3) is 0 Å². The van der Waals surface area contributed by atoms with Crippen LogP contribution < -0.4 is 22.9 Å². The Morgan fingerprint density at radius 2 is 0.731 bits per heavy atom. The molecule has 0 radical (unpaired) electrons. The molecule has 0 aliphatic heterocycles. The minimum absolute atomic E-state index is 0.0331. The number of benzene rings is 4. The number of nitrogens with two attached hydrogens (primary N) is 4. The molecule has 4 aromatic rings. The van der Waals surface area contributed by atoms with Gasteiger partial charge in [-0.3, -0.25) is 0 Å². The highest BCUT2D eigenvalue weighted by molar-refractivity contribution is 5.78. The van der Waals surface area contributed by atoms with Gasteiger partial charge < -0.3 is 22.9 Å². The summed E-state index contributed by atoms with van der Waals surface area (Å²) in [6.45, 7) is 0. The Morgan fingerprint density at radius 3 is 1.19 bits per heavy atom. The van der Waals surface area contributed by atoms with E-state index in [1.54, 1.807) is 0 Å². The lowest BCUT2D eigenvalue weighted by Crippen LogP contribution is -2.20. The van der Waals surface area contributed by atoms with Crippen molar-refractivity contribution in [3.8, 4) is 22.3 Å². The molecule has 0 saturated carbocycles. The summed E-state index contributed by atoms with van der Waals surface area (Å²) in [5, 5.41) is 0. The fourth-order valence-electron chi connectivity index (χ4n) is 4.78. The van der Waals surface area contributed by atoms with E-state index in [1.807, 2.05) is 0 Å². The van der Waals surface area contributed by atoms with Crippen LogP contribution in [0.2, 0.25) is 0 Å². The highest BCUT2D eigenvalue weighted by Crippen LogP contribution is 2.49. The third kappa shape index (κ3) is 8.99. The topological polar surface area (TPSA) is 104 Å². The van der Waals surface area contributed by atoms with Crippen molar-refractivity contribution >= 4 is 22.7 Å². The third-order valence-electron chi connectivity index (χ3n) is 6.91. The molecule has 0 fully saturated rings. The molecule has 22 heteroatoms. The second-order valence-electron chi connectivity index (χ2n) is 10.5. The van der Waals surface area contributed by atoms with Gasteiger partial charge in [0, 0.05) is 22.7 Å². The summed E-state index contributed by atoms with van der Waals surface area (Å²) in [7, 11) is 0. The molecule has 284 valence electrons. The number of hydrogen-bond donors (Lipinski definition) is 4. The normalized spacial score (nSPS) is 13.1. The second-order valence-corrected chi connectivity index (χ2v) is 10.5. The lowest BCUT2D eigenvalue weighted by atomic mass is 9.91. The van der Waals surface area contributed by atoms with E-state index < -0.39 is 115 Å². The average molecular weight is 776 g/mol. The molecular formula is C30H18F18N4. The Hall–Kier alpha value is -5.18. The average Bonchev–Trinajstić information content (AvgIpc) is 2.94. The molecule has 4 aromatic carbocycles. The first-order valence-electron chi connectivity index (χ1n) is 13.3. The number of rotatable bonds is 2. The van der Waals surface area contributed by atoms with Crippen LogP contribution in [0.3, 0.4) is 0 Å². The molecule has 52 heavy (non-hydrogen) atoms.